The fraction of sp³-hybridized carbons (Fsp3) is 0.519. The minimum Gasteiger partial charge on any atom is -0.493 e. The summed E-state index contributed by atoms with van der Waals surface area (Å²) in [7, 11) is 0. The number of quaternary nitrogens is 2. The van der Waals surface area contributed by atoms with Crippen molar-refractivity contribution in [3.8, 4) is 5.75 Å². The molecule has 0 saturated carbocycles. The molecule has 3 N–H and O–H groups in total. The molecule has 1 aliphatic heterocycles. The number of amides is 1. The average molecular weight is 440 g/mol. The maximum Gasteiger partial charge on any atom is 0.279 e. The third-order valence-corrected chi connectivity index (χ3v) is 6.41. The van der Waals surface area contributed by atoms with Crippen LogP contribution in [-0.2, 0) is 16.6 Å². The van der Waals surface area contributed by atoms with E-state index in [9.17, 15) is 4.79 Å². The summed E-state index contributed by atoms with van der Waals surface area (Å²) in [6, 6.07) is 16.6. The topological polar surface area (TPSA) is 47.2 Å². The Morgan fingerprint density at radius 3 is 2.28 bits per heavy atom. The molecular formula is C27H41N3O2+2. The third-order valence-electron chi connectivity index (χ3n) is 6.41. The van der Waals surface area contributed by atoms with Crippen molar-refractivity contribution < 1.29 is 19.3 Å². The summed E-state index contributed by atoms with van der Waals surface area (Å²) in [6.45, 7) is 15.6. The fourth-order valence-corrected chi connectivity index (χ4v) is 4.32. The quantitative estimate of drug-likeness (QED) is 0.521. The lowest BCUT2D eigenvalue weighted by Gasteiger charge is -2.29. The molecule has 2 aromatic carbocycles. The predicted octanol–water partition coefficient (Wildman–Crippen LogP) is 1.74. The second-order valence-corrected chi connectivity index (χ2v) is 9.96. The molecule has 0 unspecified atom stereocenters. The summed E-state index contributed by atoms with van der Waals surface area (Å²) < 4.78 is 5.94. The van der Waals surface area contributed by atoms with E-state index in [0.717, 1.165) is 63.6 Å². The molecule has 174 valence electrons. The number of ether oxygens (including phenoxy) is 1. The van der Waals surface area contributed by atoms with Crippen LogP contribution in [0.5, 0.6) is 5.75 Å². The zero-order valence-electron chi connectivity index (χ0n) is 20.3. The second kappa shape index (κ2) is 11.5. The molecule has 1 aliphatic rings. The van der Waals surface area contributed by atoms with E-state index in [0.29, 0.717) is 6.54 Å². The summed E-state index contributed by atoms with van der Waals surface area (Å²) in [4.78, 5) is 15.5. The zero-order valence-corrected chi connectivity index (χ0v) is 20.3. The highest BCUT2D eigenvalue weighted by atomic mass is 16.5. The Balaban J connectivity index is 1.31. The van der Waals surface area contributed by atoms with Gasteiger partial charge in [0.15, 0.2) is 6.54 Å². The first kappa shape index (κ1) is 24.3. The van der Waals surface area contributed by atoms with Crippen molar-refractivity contribution >= 4 is 11.6 Å². The van der Waals surface area contributed by atoms with Crippen molar-refractivity contribution in [2.45, 2.75) is 46.0 Å². The first-order chi connectivity index (χ1) is 15.3. The zero-order chi connectivity index (χ0) is 23.0. The standard InChI is InChI=1S/C27H39N3O2/c1-5-22-9-6-7-10-25(22)28-26(31)21-30-18-16-29(17-19-30)15-8-20-32-24-13-11-23(12-14-24)27(2,3)4/h6-7,9-14H,5,8,15-21H2,1-4H3,(H,28,31)/p+2. The van der Waals surface area contributed by atoms with E-state index in [2.05, 4.69) is 63.3 Å². The number of nitrogens with one attached hydrogen (secondary N) is 3. The first-order valence-electron chi connectivity index (χ1n) is 12.1. The van der Waals surface area contributed by atoms with E-state index >= 15 is 0 Å². The number of anilines is 1. The fourth-order valence-electron chi connectivity index (χ4n) is 4.32. The first-order valence-corrected chi connectivity index (χ1v) is 12.1. The van der Waals surface area contributed by atoms with E-state index in [1.54, 1.807) is 4.90 Å². The molecule has 3 rings (SSSR count). The van der Waals surface area contributed by atoms with Crippen LogP contribution in [0, 0.1) is 0 Å². The van der Waals surface area contributed by atoms with E-state index in [1.807, 2.05) is 18.2 Å². The molecule has 0 radical (unpaired) electrons. The van der Waals surface area contributed by atoms with Crippen LogP contribution in [0.25, 0.3) is 0 Å². The maximum absolute atomic E-state index is 12.5. The molecule has 0 aliphatic carbocycles. The highest BCUT2D eigenvalue weighted by Gasteiger charge is 2.24. The van der Waals surface area contributed by atoms with Crippen LogP contribution >= 0.6 is 0 Å². The summed E-state index contributed by atoms with van der Waals surface area (Å²) in [5.74, 6) is 1.08. The number of carbonyl (C=O) groups is 1. The van der Waals surface area contributed by atoms with Crippen LogP contribution < -0.4 is 19.9 Å². The Hall–Kier alpha value is -2.37. The largest absolute Gasteiger partial charge is 0.493 e. The summed E-state index contributed by atoms with van der Waals surface area (Å²) in [5.41, 5.74) is 3.65. The molecule has 5 heteroatoms. The molecule has 2 aromatic rings. The molecule has 1 amide bonds. The van der Waals surface area contributed by atoms with Crippen molar-refractivity contribution in [3.05, 3.63) is 59.7 Å². The molecule has 1 heterocycles. The van der Waals surface area contributed by atoms with Gasteiger partial charge in [0, 0.05) is 12.1 Å². The van der Waals surface area contributed by atoms with E-state index in [-0.39, 0.29) is 11.3 Å². The number of benzene rings is 2. The van der Waals surface area contributed by atoms with Crippen molar-refractivity contribution in [3.63, 3.8) is 0 Å². The minimum absolute atomic E-state index is 0.121. The molecule has 5 nitrogen and oxygen atoms in total. The van der Waals surface area contributed by atoms with Gasteiger partial charge in [0.05, 0.1) is 13.2 Å². The van der Waals surface area contributed by atoms with Gasteiger partial charge < -0.3 is 19.9 Å². The van der Waals surface area contributed by atoms with Gasteiger partial charge in [-0.2, -0.15) is 0 Å². The van der Waals surface area contributed by atoms with Gasteiger partial charge >= 0.3 is 0 Å². The lowest BCUT2D eigenvalue weighted by atomic mass is 9.87. The van der Waals surface area contributed by atoms with Gasteiger partial charge in [0.25, 0.3) is 5.91 Å². The Morgan fingerprint density at radius 1 is 0.969 bits per heavy atom. The molecule has 1 saturated heterocycles. The molecule has 0 spiro atoms. The van der Waals surface area contributed by atoms with E-state index in [4.69, 9.17) is 4.74 Å². The predicted molar refractivity (Wildman–Crippen MR) is 131 cm³/mol. The number of carbonyl (C=O) groups excluding carboxylic acids is 1. The van der Waals surface area contributed by atoms with E-state index < -0.39 is 0 Å². The smallest absolute Gasteiger partial charge is 0.279 e. The van der Waals surface area contributed by atoms with Crippen LogP contribution in [0.1, 0.15) is 45.2 Å². The Labute approximate surface area is 193 Å². The van der Waals surface area contributed by atoms with Gasteiger partial charge in [0.2, 0.25) is 0 Å². The average Bonchev–Trinajstić information content (AvgIpc) is 2.78. The number of hydrogen-bond donors (Lipinski definition) is 3. The van der Waals surface area contributed by atoms with Crippen molar-refractivity contribution in [2.24, 2.45) is 0 Å². The molecule has 0 aromatic heterocycles. The van der Waals surface area contributed by atoms with Crippen LogP contribution in [0.15, 0.2) is 48.5 Å². The molecule has 0 atom stereocenters. The molecule has 1 fully saturated rings. The van der Waals surface area contributed by atoms with Crippen molar-refractivity contribution in [1.29, 1.82) is 0 Å². The second-order valence-electron chi connectivity index (χ2n) is 9.96. The number of hydrogen-bond acceptors (Lipinski definition) is 2. The van der Waals surface area contributed by atoms with Crippen LogP contribution in [0.4, 0.5) is 5.69 Å². The van der Waals surface area contributed by atoms with Gasteiger partial charge in [0.1, 0.15) is 31.9 Å². The third kappa shape index (κ3) is 7.35. The van der Waals surface area contributed by atoms with E-state index in [1.165, 1.54) is 16.0 Å². The summed E-state index contributed by atoms with van der Waals surface area (Å²) in [6.07, 6.45) is 1.98. The Bertz CT molecular complexity index is 850. The van der Waals surface area contributed by atoms with Crippen LogP contribution in [0.2, 0.25) is 0 Å². The lowest BCUT2D eigenvalue weighted by molar-refractivity contribution is -1.01. The number of piperazine rings is 1. The van der Waals surface area contributed by atoms with Crippen LogP contribution in [-0.4, -0.2) is 51.8 Å². The normalized spacial score (nSPS) is 18.9. The van der Waals surface area contributed by atoms with Gasteiger partial charge in [-0.05, 0) is 41.2 Å². The Morgan fingerprint density at radius 2 is 1.62 bits per heavy atom. The highest BCUT2D eigenvalue weighted by molar-refractivity contribution is 5.92. The maximum atomic E-state index is 12.5. The number of rotatable bonds is 9. The molecular weight excluding hydrogens is 398 g/mol. The molecule has 0 bridgehead atoms. The van der Waals surface area contributed by atoms with Gasteiger partial charge in [-0.1, -0.05) is 58.0 Å². The van der Waals surface area contributed by atoms with Crippen molar-refractivity contribution in [2.75, 3.05) is 51.2 Å². The van der Waals surface area contributed by atoms with Crippen LogP contribution in [0.3, 0.4) is 0 Å². The van der Waals surface area contributed by atoms with Gasteiger partial charge in [-0.3, -0.25) is 4.79 Å². The van der Waals surface area contributed by atoms with Gasteiger partial charge in [-0.15, -0.1) is 0 Å². The monoisotopic (exact) mass is 439 g/mol. The Kier molecular flexibility index (Phi) is 8.71. The molecule has 32 heavy (non-hydrogen) atoms. The summed E-state index contributed by atoms with van der Waals surface area (Å²) in [5, 5.41) is 3.11. The van der Waals surface area contributed by atoms with Crippen molar-refractivity contribution in [1.82, 2.24) is 0 Å². The lowest BCUT2D eigenvalue weighted by Crippen LogP contribution is -3.28. The number of aryl methyl sites for hydroxylation is 1. The summed E-state index contributed by atoms with van der Waals surface area (Å²) >= 11 is 0. The minimum atomic E-state index is 0.121. The highest BCUT2D eigenvalue weighted by Crippen LogP contribution is 2.24. The number of para-hydroxylation sites is 1. The van der Waals surface area contributed by atoms with Gasteiger partial charge in [-0.25, -0.2) is 0 Å². The SMILES string of the molecule is CCc1ccccc1NC(=O)C[NH+]1CC[NH+](CCCOc2ccc(C(C)(C)C)cc2)CC1.